The highest BCUT2D eigenvalue weighted by molar-refractivity contribution is 6.23. The zero-order chi connectivity index (χ0) is 28.4. The second-order valence-electron chi connectivity index (χ2n) is 11.9. The number of ether oxygens (including phenoxy) is 1. The van der Waals surface area contributed by atoms with Gasteiger partial charge in [0.05, 0.1) is 27.9 Å². The van der Waals surface area contributed by atoms with Crippen LogP contribution in [0.25, 0.3) is 60.6 Å². The summed E-state index contributed by atoms with van der Waals surface area (Å²) in [5.41, 5.74) is 8.85. The Balaban J connectivity index is 1.17. The first-order valence-electron chi connectivity index (χ1n) is 14.3. The average Bonchev–Trinajstić information content (AvgIpc) is 3.53. The molecule has 4 aromatic heterocycles. The van der Waals surface area contributed by atoms with Crippen LogP contribution in [0.15, 0.2) is 121 Å². The summed E-state index contributed by atoms with van der Waals surface area (Å²) in [6.07, 6.45) is 0. The van der Waals surface area contributed by atoms with E-state index in [0.717, 1.165) is 22.5 Å². The number of hydrogen-bond donors (Lipinski definition) is 0. The summed E-state index contributed by atoms with van der Waals surface area (Å²) in [4.78, 5) is 9.70. The first-order valence-corrected chi connectivity index (χ1v) is 14.3. The molecular weight excluding hydrogens is 514 g/mol. The van der Waals surface area contributed by atoms with E-state index in [1.807, 2.05) is 36.4 Å². The van der Waals surface area contributed by atoms with E-state index in [2.05, 4.69) is 110 Å². The van der Waals surface area contributed by atoms with Crippen LogP contribution in [-0.4, -0.2) is 14.4 Å². The van der Waals surface area contributed by atoms with Crippen molar-refractivity contribution < 1.29 is 4.74 Å². The minimum absolute atomic E-state index is 0.0648. The Kier molecular flexibility index (Phi) is 5.35. The van der Waals surface area contributed by atoms with Gasteiger partial charge in [-0.1, -0.05) is 99.6 Å². The van der Waals surface area contributed by atoms with E-state index in [9.17, 15) is 0 Å². The molecule has 202 valence electrons. The summed E-state index contributed by atoms with van der Waals surface area (Å²) < 4.78 is 8.60. The lowest BCUT2D eigenvalue weighted by atomic mass is 9.86. The van der Waals surface area contributed by atoms with Crippen molar-refractivity contribution in [2.45, 2.75) is 26.2 Å². The normalized spacial score (nSPS) is 12.2. The molecule has 0 amide bonds. The summed E-state index contributed by atoms with van der Waals surface area (Å²) in [7, 11) is 0. The summed E-state index contributed by atoms with van der Waals surface area (Å²) in [5.74, 6) is 1.03. The van der Waals surface area contributed by atoms with Gasteiger partial charge in [0.2, 0.25) is 11.8 Å². The minimum Gasteiger partial charge on any atom is -0.421 e. The second kappa shape index (κ2) is 9.15. The van der Waals surface area contributed by atoms with Crippen LogP contribution in [0.1, 0.15) is 26.3 Å². The summed E-state index contributed by atoms with van der Waals surface area (Å²) in [6.45, 7) is 6.66. The lowest BCUT2D eigenvalue weighted by Gasteiger charge is -2.19. The summed E-state index contributed by atoms with van der Waals surface area (Å²) in [6, 6.07) is 42.2. The van der Waals surface area contributed by atoms with Gasteiger partial charge in [-0.2, -0.15) is 0 Å². The van der Waals surface area contributed by atoms with Crippen LogP contribution in [-0.2, 0) is 5.41 Å². The molecule has 4 heteroatoms. The fourth-order valence-electron chi connectivity index (χ4n) is 6.11. The quantitative estimate of drug-likeness (QED) is 0.222. The fraction of sp³-hybridized carbons (Fsp3) is 0.105. The lowest BCUT2D eigenvalue weighted by molar-refractivity contribution is 0.446. The van der Waals surface area contributed by atoms with Crippen LogP contribution >= 0.6 is 0 Å². The Morgan fingerprint density at radius 2 is 1.12 bits per heavy atom. The predicted molar refractivity (Wildman–Crippen MR) is 173 cm³/mol. The first-order chi connectivity index (χ1) is 20.4. The highest BCUT2D eigenvalue weighted by atomic mass is 16.5. The van der Waals surface area contributed by atoms with Crippen LogP contribution in [0.3, 0.4) is 0 Å². The largest absolute Gasteiger partial charge is 0.421 e. The lowest BCUT2D eigenvalue weighted by Crippen LogP contribution is -2.10. The number of para-hydroxylation sites is 2. The average molecular weight is 544 g/mol. The molecule has 0 aliphatic carbocycles. The molecule has 4 nitrogen and oxygen atoms in total. The van der Waals surface area contributed by atoms with Gasteiger partial charge in [-0.25, -0.2) is 9.97 Å². The number of hydrogen-bond acceptors (Lipinski definition) is 3. The molecular formula is C38H29N3O. The molecule has 0 N–H and O–H groups in total. The Hall–Kier alpha value is -5.22. The van der Waals surface area contributed by atoms with E-state index in [-0.39, 0.29) is 5.41 Å². The molecule has 0 unspecified atom stereocenters. The van der Waals surface area contributed by atoms with Gasteiger partial charge in [0.25, 0.3) is 0 Å². The van der Waals surface area contributed by atoms with Gasteiger partial charge in [-0.05, 0) is 41.3 Å². The Morgan fingerprint density at radius 1 is 0.524 bits per heavy atom. The number of benzene rings is 4. The predicted octanol–water partition coefficient (Wildman–Crippen LogP) is 10.1. The van der Waals surface area contributed by atoms with E-state index >= 15 is 0 Å². The standard InChI is InChI=1S/C38H29N3O/c1-38(2,3)26-11-6-10-24(22-26)31-15-8-18-35(39-31)42-36-19-9-16-32(40-36)25-20-21-28-30-14-7-13-29-27-12-4-5-17-33(27)41(37(29)30)34(28)23-25/h4-23H,1-3H3. The number of aromatic nitrogens is 3. The van der Waals surface area contributed by atoms with Crippen molar-refractivity contribution in [2.75, 3.05) is 0 Å². The molecule has 0 fully saturated rings. The maximum atomic E-state index is 6.21. The van der Waals surface area contributed by atoms with Crippen LogP contribution < -0.4 is 4.74 Å². The molecule has 0 saturated heterocycles. The van der Waals surface area contributed by atoms with Gasteiger partial charge in [0, 0.05) is 44.8 Å². The molecule has 0 atom stereocenters. The van der Waals surface area contributed by atoms with E-state index < -0.39 is 0 Å². The Labute approximate surface area is 244 Å². The third-order valence-electron chi connectivity index (χ3n) is 8.20. The molecule has 8 aromatic rings. The van der Waals surface area contributed by atoms with Gasteiger partial charge in [-0.15, -0.1) is 0 Å². The van der Waals surface area contributed by atoms with Crippen molar-refractivity contribution in [3.8, 4) is 34.3 Å². The fourth-order valence-corrected chi connectivity index (χ4v) is 6.11. The van der Waals surface area contributed by atoms with E-state index in [4.69, 9.17) is 14.7 Å². The highest BCUT2D eigenvalue weighted by Gasteiger charge is 2.18. The number of pyridine rings is 2. The van der Waals surface area contributed by atoms with Crippen LogP contribution in [0.5, 0.6) is 11.8 Å². The second-order valence-corrected chi connectivity index (χ2v) is 11.9. The highest BCUT2D eigenvalue weighted by Crippen LogP contribution is 2.40. The molecule has 0 aliphatic heterocycles. The maximum absolute atomic E-state index is 6.21. The van der Waals surface area contributed by atoms with E-state index in [1.165, 1.54) is 43.7 Å². The van der Waals surface area contributed by atoms with Crippen molar-refractivity contribution in [1.29, 1.82) is 0 Å². The van der Waals surface area contributed by atoms with Crippen molar-refractivity contribution >= 4 is 38.1 Å². The van der Waals surface area contributed by atoms with Crippen molar-refractivity contribution in [3.63, 3.8) is 0 Å². The monoisotopic (exact) mass is 543 g/mol. The van der Waals surface area contributed by atoms with Crippen molar-refractivity contribution in [1.82, 2.24) is 14.4 Å². The topological polar surface area (TPSA) is 39.4 Å². The van der Waals surface area contributed by atoms with Gasteiger partial charge in [0.15, 0.2) is 0 Å². The van der Waals surface area contributed by atoms with Crippen LogP contribution in [0.2, 0.25) is 0 Å². The number of rotatable bonds is 4. The summed E-state index contributed by atoms with van der Waals surface area (Å²) >= 11 is 0. The maximum Gasteiger partial charge on any atom is 0.221 e. The molecule has 0 aliphatic rings. The van der Waals surface area contributed by atoms with Crippen LogP contribution in [0.4, 0.5) is 0 Å². The first kappa shape index (κ1) is 24.6. The third kappa shape index (κ3) is 3.91. The molecule has 0 saturated carbocycles. The van der Waals surface area contributed by atoms with Gasteiger partial charge >= 0.3 is 0 Å². The molecule has 0 radical (unpaired) electrons. The Bertz CT molecular complexity index is 2270. The number of nitrogens with zero attached hydrogens (tertiary/aromatic N) is 3. The van der Waals surface area contributed by atoms with E-state index in [1.54, 1.807) is 0 Å². The molecule has 4 heterocycles. The number of fused-ring (bicyclic) bond motifs is 6. The smallest absolute Gasteiger partial charge is 0.221 e. The minimum atomic E-state index is 0.0648. The third-order valence-corrected chi connectivity index (χ3v) is 8.20. The summed E-state index contributed by atoms with van der Waals surface area (Å²) in [5, 5.41) is 5.08. The molecule has 42 heavy (non-hydrogen) atoms. The van der Waals surface area contributed by atoms with Crippen molar-refractivity contribution in [3.05, 3.63) is 127 Å². The molecule has 0 bridgehead atoms. The van der Waals surface area contributed by atoms with Gasteiger partial charge in [-0.3, -0.25) is 0 Å². The van der Waals surface area contributed by atoms with Gasteiger partial charge in [0.1, 0.15) is 0 Å². The SMILES string of the molecule is CC(C)(C)c1cccc(-c2cccc(Oc3cccc(-c4ccc5c6cccc7c8ccccc8n(c5c4)c76)n3)n2)c1. The van der Waals surface area contributed by atoms with Gasteiger partial charge < -0.3 is 9.14 Å². The Morgan fingerprint density at radius 3 is 1.83 bits per heavy atom. The van der Waals surface area contributed by atoms with Crippen LogP contribution in [0, 0.1) is 0 Å². The van der Waals surface area contributed by atoms with E-state index in [0.29, 0.717) is 11.8 Å². The molecule has 8 rings (SSSR count). The zero-order valence-electron chi connectivity index (χ0n) is 23.8. The molecule has 4 aromatic carbocycles. The van der Waals surface area contributed by atoms with Crippen molar-refractivity contribution in [2.24, 2.45) is 0 Å². The molecule has 0 spiro atoms. The zero-order valence-corrected chi connectivity index (χ0v) is 23.8.